The van der Waals surface area contributed by atoms with Gasteiger partial charge in [0.05, 0.1) is 19.8 Å². The summed E-state index contributed by atoms with van der Waals surface area (Å²) in [5, 5.41) is 0. The summed E-state index contributed by atoms with van der Waals surface area (Å²) in [4.78, 5) is 25.6. The molecule has 2 rings (SSSR count). The third-order valence-corrected chi connectivity index (χ3v) is 5.30. The van der Waals surface area contributed by atoms with Crippen LogP contribution in [0.4, 0.5) is 0 Å². The van der Waals surface area contributed by atoms with Crippen LogP contribution in [0, 0.1) is 0 Å². The van der Waals surface area contributed by atoms with Crippen LogP contribution in [0.25, 0.3) is 0 Å². The molecule has 0 saturated heterocycles. The number of carbonyl (C=O) groups is 2. The fourth-order valence-electron chi connectivity index (χ4n) is 3.39. The largest absolute Gasteiger partial charge is 0.493 e. The Hall–Kier alpha value is -2.76. The van der Waals surface area contributed by atoms with Gasteiger partial charge in [-0.2, -0.15) is 0 Å². The first kappa shape index (κ1) is 21.5. The van der Waals surface area contributed by atoms with E-state index >= 15 is 0 Å². The predicted octanol–water partition coefficient (Wildman–Crippen LogP) is 3.91. The van der Waals surface area contributed by atoms with Crippen molar-refractivity contribution in [3.63, 3.8) is 0 Å². The van der Waals surface area contributed by atoms with Gasteiger partial charge in [0.2, 0.25) is 11.6 Å². The van der Waals surface area contributed by atoms with Crippen LogP contribution in [0.15, 0.2) is 57.5 Å². The summed E-state index contributed by atoms with van der Waals surface area (Å²) >= 11 is 0. The molecular weight excluding hydrogens is 360 g/mol. The summed E-state index contributed by atoms with van der Waals surface area (Å²) in [6.07, 6.45) is 1.46. The number of methoxy groups -OCH3 is 2. The van der Waals surface area contributed by atoms with E-state index in [-0.39, 0.29) is 29.0 Å². The molecule has 2 atom stereocenters. The summed E-state index contributed by atoms with van der Waals surface area (Å²) in [6.45, 7) is 11.0. The Morgan fingerprint density at radius 3 is 1.43 bits per heavy atom. The SMILES string of the molecule is C/C=C(\OC)C(=O)[C@H]1OC2=C(C(C)=C1C)C(C)=C(C)[C@H](C(=O)/C(=C/C)OC)O2. The number of rotatable bonds is 6. The zero-order valence-electron chi connectivity index (χ0n) is 17.8. The van der Waals surface area contributed by atoms with Gasteiger partial charge in [-0.15, -0.1) is 0 Å². The van der Waals surface area contributed by atoms with E-state index in [2.05, 4.69) is 0 Å². The molecule has 0 unspecified atom stereocenters. The van der Waals surface area contributed by atoms with Crippen molar-refractivity contribution in [3.8, 4) is 0 Å². The van der Waals surface area contributed by atoms with Gasteiger partial charge in [0.1, 0.15) is 0 Å². The van der Waals surface area contributed by atoms with Crippen molar-refractivity contribution in [2.45, 2.75) is 53.8 Å². The number of ether oxygens (including phenoxy) is 4. The number of carbonyl (C=O) groups excluding carboxylic acids is 2. The average molecular weight is 388 g/mol. The van der Waals surface area contributed by atoms with Gasteiger partial charge in [0, 0.05) is 0 Å². The van der Waals surface area contributed by atoms with Gasteiger partial charge in [-0.3, -0.25) is 9.59 Å². The molecular formula is C22H28O6. The van der Waals surface area contributed by atoms with Crippen molar-refractivity contribution < 1.29 is 28.5 Å². The number of hydrogen-bond donors (Lipinski definition) is 0. The molecule has 0 fully saturated rings. The van der Waals surface area contributed by atoms with E-state index in [4.69, 9.17) is 18.9 Å². The van der Waals surface area contributed by atoms with Crippen LogP contribution in [0.3, 0.4) is 0 Å². The molecule has 0 bridgehead atoms. The fourth-order valence-corrected chi connectivity index (χ4v) is 3.39. The Morgan fingerprint density at radius 1 is 0.786 bits per heavy atom. The van der Waals surface area contributed by atoms with Crippen LogP contribution in [0.2, 0.25) is 0 Å². The Kier molecular flexibility index (Phi) is 6.54. The Bertz CT molecular complexity index is 782. The molecule has 0 saturated carbocycles. The second-order valence-electron chi connectivity index (χ2n) is 6.72. The van der Waals surface area contributed by atoms with Crippen LogP contribution in [-0.2, 0) is 28.5 Å². The first-order valence-electron chi connectivity index (χ1n) is 9.15. The van der Waals surface area contributed by atoms with Crippen molar-refractivity contribution in [2.75, 3.05) is 14.2 Å². The zero-order valence-corrected chi connectivity index (χ0v) is 17.8. The minimum atomic E-state index is -0.865. The van der Waals surface area contributed by atoms with Gasteiger partial charge < -0.3 is 18.9 Å². The zero-order chi connectivity index (χ0) is 21.2. The van der Waals surface area contributed by atoms with Crippen LogP contribution in [0.5, 0.6) is 0 Å². The Labute approximate surface area is 166 Å². The van der Waals surface area contributed by atoms with Gasteiger partial charge in [0.15, 0.2) is 23.7 Å². The lowest BCUT2D eigenvalue weighted by molar-refractivity contribution is -0.135. The molecule has 0 amide bonds. The van der Waals surface area contributed by atoms with E-state index in [0.29, 0.717) is 0 Å². The first-order chi connectivity index (χ1) is 13.2. The molecule has 2 heterocycles. The normalized spacial score (nSPS) is 23.1. The van der Waals surface area contributed by atoms with Gasteiger partial charge in [-0.05, 0) is 76.0 Å². The smallest absolute Gasteiger partial charge is 0.289 e. The van der Waals surface area contributed by atoms with Crippen molar-refractivity contribution in [1.82, 2.24) is 0 Å². The van der Waals surface area contributed by atoms with Crippen LogP contribution in [0.1, 0.15) is 41.5 Å². The first-order valence-corrected chi connectivity index (χ1v) is 9.15. The number of allylic oxidation sites excluding steroid dienone is 5. The quantitative estimate of drug-likeness (QED) is 0.508. The monoisotopic (exact) mass is 388 g/mol. The average Bonchev–Trinajstić information content (AvgIpc) is 2.68. The second kappa shape index (κ2) is 8.50. The molecule has 0 radical (unpaired) electrons. The summed E-state index contributed by atoms with van der Waals surface area (Å²) in [5.41, 5.74) is 4.14. The van der Waals surface area contributed by atoms with Crippen LogP contribution in [-0.4, -0.2) is 38.0 Å². The van der Waals surface area contributed by atoms with Crippen LogP contribution < -0.4 is 0 Å². The van der Waals surface area contributed by atoms with Gasteiger partial charge in [0.25, 0.3) is 5.95 Å². The molecule has 2 aliphatic heterocycles. The van der Waals surface area contributed by atoms with Crippen LogP contribution >= 0.6 is 0 Å². The molecule has 0 spiro atoms. The molecule has 2 aliphatic rings. The van der Waals surface area contributed by atoms with E-state index in [1.807, 2.05) is 27.7 Å². The van der Waals surface area contributed by atoms with Gasteiger partial charge >= 0.3 is 0 Å². The maximum absolute atomic E-state index is 12.8. The molecule has 28 heavy (non-hydrogen) atoms. The number of ketones is 2. The lowest BCUT2D eigenvalue weighted by atomic mass is 9.86. The molecule has 6 nitrogen and oxygen atoms in total. The molecule has 0 N–H and O–H groups in total. The van der Waals surface area contributed by atoms with Gasteiger partial charge in [-0.25, -0.2) is 0 Å². The summed E-state index contributed by atoms with van der Waals surface area (Å²) < 4.78 is 22.2. The second-order valence-corrected chi connectivity index (χ2v) is 6.72. The lowest BCUT2D eigenvalue weighted by Gasteiger charge is -2.35. The van der Waals surface area contributed by atoms with E-state index in [1.165, 1.54) is 14.2 Å². The summed E-state index contributed by atoms with van der Waals surface area (Å²) in [7, 11) is 2.89. The molecule has 0 aromatic carbocycles. The molecule has 6 heteroatoms. The third-order valence-electron chi connectivity index (χ3n) is 5.30. The highest BCUT2D eigenvalue weighted by Gasteiger charge is 2.41. The Balaban J connectivity index is 2.48. The summed E-state index contributed by atoms with van der Waals surface area (Å²) in [5.74, 6) is 0.0121. The highest BCUT2D eigenvalue weighted by atomic mass is 16.7. The minimum absolute atomic E-state index is 0.181. The molecule has 0 aromatic rings. The maximum atomic E-state index is 12.8. The summed E-state index contributed by atoms with van der Waals surface area (Å²) in [6, 6.07) is 0. The lowest BCUT2D eigenvalue weighted by Crippen LogP contribution is -2.37. The number of hydrogen-bond acceptors (Lipinski definition) is 6. The maximum Gasteiger partial charge on any atom is 0.289 e. The van der Waals surface area contributed by atoms with E-state index in [9.17, 15) is 9.59 Å². The number of Topliss-reactive ketones (excluding diaryl/α,β-unsaturated/α-hetero) is 2. The predicted molar refractivity (Wildman–Crippen MR) is 105 cm³/mol. The van der Waals surface area contributed by atoms with E-state index in [1.54, 1.807) is 26.0 Å². The Morgan fingerprint density at radius 2 is 1.14 bits per heavy atom. The topological polar surface area (TPSA) is 71.1 Å². The van der Waals surface area contributed by atoms with Crippen molar-refractivity contribution in [3.05, 3.63) is 57.5 Å². The highest BCUT2D eigenvalue weighted by molar-refractivity contribution is 6.00. The molecule has 0 aromatic heterocycles. The third kappa shape index (κ3) is 3.51. The standard InChI is InChI=1S/C22H28O6/c1-9-15(25-7)18(23)20-13(5)11(3)17-12(4)14(6)21(28-22(17)27-20)19(24)16(10-2)26-8/h9-10,20-21H,1-8H3/b15-9-,16-10-/t20-,21+. The van der Waals surface area contributed by atoms with E-state index in [0.717, 1.165) is 27.9 Å². The highest BCUT2D eigenvalue weighted by Crippen LogP contribution is 2.41. The minimum Gasteiger partial charge on any atom is -0.493 e. The van der Waals surface area contributed by atoms with Crippen molar-refractivity contribution in [2.24, 2.45) is 0 Å². The fraction of sp³-hybridized carbons (Fsp3) is 0.455. The van der Waals surface area contributed by atoms with E-state index < -0.39 is 12.2 Å². The van der Waals surface area contributed by atoms with Gasteiger partial charge in [-0.1, -0.05) is 0 Å². The molecule has 152 valence electrons. The van der Waals surface area contributed by atoms with Crippen molar-refractivity contribution >= 4 is 11.6 Å². The van der Waals surface area contributed by atoms with Crippen molar-refractivity contribution in [1.29, 1.82) is 0 Å². The molecule has 0 aliphatic carbocycles.